The van der Waals surface area contributed by atoms with Crippen LogP contribution in [0.4, 0.5) is 0 Å². The molecular weight excluding hydrogens is 246 g/mol. The van der Waals surface area contributed by atoms with Crippen molar-refractivity contribution in [3.8, 4) is 0 Å². The fourth-order valence-corrected chi connectivity index (χ4v) is 2.42. The largest absolute Gasteiger partial charge is 0.252 e. The number of hydrogen-bond donors (Lipinski definition) is 0. The van der Waals surface area contributed by atoms with Crippen molar-refractivity contribution < 1.29 is 0 Å². The van der Waals surface area contributed by atoms with Crippen molar-refractivity contribution in [2.75, 3.05) is 0 Å². The van der Waals surface area contributed by atoms with E-state index >= 15 is 0 Å². The first-order valence-corrected chi connectivity index (χ1v) is 8.47. The highest BCUT2D eigenvalue weighted by Gasteiger charge is 2.02. The van der Waals surface area contributed by atoms with Crippen molar-refractivity contribution in [3.63, 3.8) is 0 Å². The van der Waals surface area contributed by atoms with E-state index in [0.717, 1.165) is 30.5 Å². The minimum absolute atomic E-state index is 0.816. The van der Waals surface area contributed by atoms with Gasteiger partial charge in [-0.1, -0.05) is 65.0 Å². The van der Waals surface area contributed by atoms with Gasteiger partial charge in [0.05, 0.1) is 5.69 Å². The highest BCUT2D eigenvalue weighted by Crippen LogP contribution is 2.10. The maximum Gasteiger partial charge on any atom is 0.0827 e. The highest BCUT2D eigenvalue weighted by atomic mass is 15.4. The predicted octanol–water partition coefficient (Wildman–Crippen LogP) is 4.86. The summed E-state index contributed by atoms with van der Waals surface area (Å²) in [4.78, 5) is 0. The van der Waals surface area contributed by atoms with Gasteiger partial charge in [-0.25, -0.2) is 0 Å². The molecule has 0 atom stereocenters. The van der Waals surface area contributed by atoms with Gasteiger partial charge in [0.1, 0.15) is 0 Å². The normalized spacial score (nSPS) is 11.7. The number of rotatable bonds is 11. The van der Waals surface area contributed by atoms with Gasteiger partial charge in [-0.2, -0.15) is 0 Å². The van der Waals surface area contributed by atoms with Gasteiger partial charge < -0.3 is 0 Å². The third-order valence-corrected chi connectivity index (χ3v) is 3.72. The number of unbranched alkanes of at least 4 members (excludes halogenated alkanes) is 3. The molecule has 3 heteroatoms. The first-order chi connectivity index (χ1) is 9.58. The van der Waals surface area contributed by atoms with E-state index in [2.05, 4.69) is 44.2 Å². The summed E-state index contributed by atoms with van der Waals surface area (Å²) in [5.41, 5.74) is 1.16. The third kappa shape index (κ3) is 8.34. The molecule has 1 rings (SSSR count). The Morgan fingerprint density at radius 2 is 1.55 bits per heavy atom. The summed E-state index contributed by atoms with van der Waals surface area (Å²) in [6, 6.07) is 0. The van der Waals surface area contributed by atoms with Gasteiger partial charge in [-0.15, -0.1) is 5.10 Å². The Morgan fingerprint density at radius 3 is 2.20 bits per heavy atom. The summed E-state index contributed by atoms with van der Waals surface area (Å²) in [5.74, 6) is 1.65. The summed E-state index contributed by atoms with van der Waals surface area (Å²) in [5, 5.41) is 8.50. The van der Waals surface area contributed by atoms with E-state index in [4.69, 9.17) is 0 Å². The van der Waals surface area contributed by atoms with Crippen LogP contribution in [0.1, 0.15) is 78.3 Å². The monoisotopic (exact) mass is 279 g/mol. The fourth-order valence-electron chi connectivity index (χ4n) is 2.42. The van der Waals surface area contributed by atoms with E-state index in [1.54, 1.807) is 0 Å². The van der Waals surface area contributed by atoms with Crippen LogP contribution in [0.5, 0.6) is 0 Å². The molecule has 0 N–H and O–H groups in total. The lowest BCUT2D eigenvalue weighted by atomic mass is 10.0. The Morgan fingerprint density at radius 1 is 0.900 bits per heavy atom. The molecule has 0 spiro atoms. The van der Waals surface area contributed by atoms with E-state index in [1.807, 2.05) is 4.68 Å². The van der Waals surface area contributed by atoms with Crippen molar-refractivity contribution in [3.05, 3.63) is 11.9 Å². The molecule has 1 aromatic rings. The quantitative estimate of drug-likeness (QED) is 0.541. The van der Waals surface area contributed by atoms with Crippen molar-refractivity contribution in [2.24, 2.45) is 11.8 Å². The van der Waals surface area contributed by atoms with Gasteiger partial charge in [-0.05, 0) is 31.1 Å². The van der Waals surface area contributed by atoms with Crippen LogP contribution in [0, 0.1) is 11.8 Å². The van der Waals surface area contributed by atoms with Gasteiger partial charge in [-0.3, -0.25) is 4.68 Å². The fraction of sp³-hybridized carbons (Fsp3) is 0.882. The Hall–Kier alpha value is -0.860. The SMILES string of the molecule is CC(C)CCCCCn1cc(CCCCC(C)C)nn1. The van der Waals surface area contributed by atoms with E-state index in [0.29, 0.717) is 0 Å². The third-order valence-electron chi connectivity index (χ3n) is 3.72. The van der Waals surface area contributed by atoms with Gasteiger partial charge >= 0.3 is 0 Å². The van der Waals surface area contributed by atoms with Crippen LogP contribution >= 0.6 is 0 Å². The van der Waals surface area contributed by atoms with E-state index < -0.39 is 0 Å². The molecule has 0 radical (unpaired) electrons. The van der Waals surface area contributed by atoms with Crippen LogP contribution in [0.2, 0.25) is 0 Å². The lowest BCUT2D eigenvalue weighted by Crippen LogP contribution is -1.99. The number of hydrogen-bond acceptors (Lipinski definition) is 2. The number of aryl methyl sites for hydroxylation is 2. The minimum Gasteiger partial charge on any atom is -0.252 e. The van der Waals surface area contributed by atoms with E-state index in [9.17, 15) is 0 Å². The second kappa shape index (κ2) is 9.95. The molecule has 3 nitrogen and oxygen atoms in total. The molecule has 116 valence electrons. The standard InChI is InChI=1S/C17H33N3/c1-15(2)10-6-5-9-13-20-14-17(18-19-20)12-8-7-11-16(3)4/h14-16H,5-13H2,1-4H3. The molecule has 0 bridgehead atoms. The van der Waals surface area contributed by atoms with E-state index in [1.165, 1.54) is 44.9 Å². The number of aromatic nitrogens is 3. The zero-order valence-electron chi connectivity index (χ0n) is 13.9. The molecule has 0 aliphatic heterocycles. The summed E-state index contributed by atoms with van der Waals surface area (Å²) in [6.45, 7) is 10.2. The van der Waals surface area contributed by atoms with Crippen LogP contribution in [0.25, 0.3) is 0 Å². The average Bonchev–Trinajstić information content (AvgIpc) is 2.81. The predicted molar refractivity (Wildman–Crippen MR) is 85.7 cm³/mol. The highest BCUT2D eigenvalue weighted by molar-refractivity contribution is 4.92. The molecule has 1 heterocycles. The first-order valence-electron chi connectivity index (χ1n) is 8.47. The summed E-state index contributed by atoms with van der Waals surface area (Å²) in [7, 11) is 0. The molecule has 0 unspecified atom stereocenters. The van der Waals surface area contributed by atoms with Crippen LogP contribution in [-0.2, 0) is 13.0 Å². The molecule has 0 aliphatic carbocycles. The Bertz CT molecular complexity index is 342. The molecule has 20 heavy (non-hydrogen) atoms. The molecule has 0 aromatic carbocycles. The molecule has 0 saturated heterocycles. The zero-order chi connectivity index (χ0) is 14.8. The van der Waals surface area contributed by atoms with Crippen molar-refractivity contribution in [1.82, 2.24) is 15.0 Å². The lowest BCUT2D eigenvalue weighted by molar-refractivity contribution is 0.487. The van der Waals surface area contributed by atoms with Crippen LogP contribution in [0.15, 0.2) is 6.20 Å². The second-order valence-electron chi connectivity index (χ2n) is 6.86. The summed E-state index contributed by atoms with van der Waals surface area (Å²) < 4.78 is 2.02. The van der Waals surface area contributed by atoms with Gasteiger partial charge in [0, 0.05) is 12.7 Å². The van der Waals surface area contributed by atoms with Crippen LogP contribution in [-0.4, -0.2) is 15.0 Å². The zero-order valence-corrected chi connectivity index (χ0v) is 13.9. The van der Waals surface area contributed by atoms with Gasteiger partial charge in [0.2, 0.25) is 0 Å². The molecule has 1 aromatic heterocycles. The first kappa shape index (κ1) is 17.2. The Kier molecular flexibility index (Phi) is 8.56. The molecule has 0 amide bonds. The van der Waals surface area contributed by atoms with Crippen LogP contribution in [0.3, 0.4) is 0 Å². The van der Waals surface area contributed by atoms with Crippen molar-refractivity contribution in [2.45, 2.75) is 85.6 Å². The van der Waals surface area contributed by atoms with Crippen LogP contribution < -0.4 is 0 Å². The van der Waals surface area contributed by atoms with E-state index in [-0.39, 0.29) is 0 Å². The molecule has 0 aliphatic rings. The van der Waals surface area contributed by atoms with Crippen molar-refractivity contribution in [1.29, 1.82) is 0 Å². The molecular formula is C17H33N3. The smallest absolute Gasteiger partial charge is 0.0827 e. The van der Waals surface area contributed by atoms with Gasteiger partial charge in [0.15, 0.2) is 0 Å². The topological polar surface area (TPSA) is 30.7 Å². The maximum atomic E-state index is 4.27. The maximum absolute atomic E-state index is 4.27. The molecule has 0 saturated carbocycles. The lowest BCUT2D eigenvalue weighted by Gasteiger charge is -2.04. The molecule has 0 fully saturated rings. The second-order valence-corrected chi connectivity index (χ2v) is 6.86. The Labute approximate surface area is 125 Å². The van der Waals surface area contributed by atoms with Gasteiger partial charge in [0.25, 0.3) is 0 Å². The average molecular weight is 279 g/mol. The number of nitrogens with zero attached hydrogens (tertiary/aromatic N) is 3. The van der Waals surface area contributed by atoms with Crippen molar-refractivity contribution >= 4 is 0 Å². The summed E-state index contributed by atoms with van der Waals surface area (Å²) in [6.07, 6.45) is 12.3. The minimum atomic E-state index is 0.816. The Balaban J connectivity index is 2.10. The summed E-state index contributed by atoms with van der Waals surface area (Å²) >= 11 is 0.